The van der Waals surface area contributed by atoms with Crippen molar-refractivity contribution in [3.05, 3.63) is 65.7 Å². The minimum atomic E-state index is -0.350. The van der Waals surface area contributed by atoms with Crippen LogP contribution in [-0.2, 0) is 0 Å². The number of benzene rings is 2. The molecule has 0 bridgehead atoms. The van der Waals surface area contributed by atoms with Gasteiger partial charge in [-0.3, -0.25) is 4.79 Å². The van der Waals surface area contributed by atoms with Gasteiger partial charge in [0.2, 0.25) is 0 Å². The average Bonchev–Trinajstić information content (AvgIpc) is 2.41. The lowest BCUT2D eigenvalue weighted by Gasteiger charge is -2.02. The lowest BCUT2D eigenvalue weighted by Crippen LogP contribution is -2.00. The molecule has 0 fully saturated rings. The van der Waals surface area contributed by atoms with Gasteiger partial charge in [-0.05, 0) is 48.5 Å². The zero-order chi connectivity index (χ0) is 13.7. The number of halogens is 2. The van der Waals surface area contributed by atoms with E-state index in [-0.39, 0.29) is 17.4 Å². The molecule has 0 unspecified atom stereocenters. The zero-order valence-corrected chi connectivity index (χ0v) is 10.9. The maximum Gasteiger partial charge on any atom is 0.163 e. The van der Waals surface area contributed by atoms with Crippen LogP contribution < -0.4 is 0 Å². The van der Waals surface area contributed by atoms with Gasteiger partial charge in [-0.2, -0.15) is 0 Å². The summed E-state index contributed by atoms with van der Waals surface area (Å²) < 4.78 is 25.4. The van der Waals surface area contributed by atoms with Gasteiger partial charge < -0.3 is 0 Å². The Kier molecular flexibility index (Phi) is 4.68. The Labute approximate surface area is 114 Å². The second-order valence-electron chi connectivity index (χ2n) is 3.98. The fraction of sp³-hybridized carbons (Fsp3) is 0.133. The fourth-order valence-corrected chi connectivity index (χ4v) is 2.42. The van der Waals surface area contributed by atoms with Crippen LogP contribution in [0.5, 0.6) is 0 Å². The summed E-state index contributed by atoms with van der Waals surface area (Å²) in [7, 11) is 0. The van der Waals surface area contributed by atoms with Crippen LogP contribution in [0.1, 0.15) is 16.8 Å². The molecule has 0 N–H and O–H groups in total. The Bertz CT molecular complexity index is 549. The Morgan fingerprint density at radius 3 is 2.00 bits per heavy atom. The third-order valence-electron chi connectivity index (χ3n) is 2.58. The molecule has 1 nitrogen and oxygen atoms in total. The van der Waals surface area contributed by atoms with Gasteiger partial charge >= 0.3 is 0 Å². The summed E-state index contributed by atoms with van der Waals surface area (Å²) >= 11 is 1.49. The SMILES string of the molecule is O=C(CCSc1ccc(F)cc1)c1ccc(F)cc1. The monoisotopic (exact) mass is 278 g/mol. The molecule has 0 saturated carbocycles. The molecule has 0 atom stereocenters. The predicted molar refractivity (Wildman–Crippen MR) is 72.5 cm³/mol. The lowest BCUT2D eigenvalue weighted by molar-refractivity contribution is 0.0989. The minimum absolute atomic E-state index is 0.0189. The summed E-state index contributed by atoms with van der Waals surface area (Å²) in [6.07, 6.45) is 0.369. The molecule has 0 saturated heterocycles. The first-order chi connectivity index (χ1) is 9.15. The summed E-state index contributed by atoms with van der Waals surface area (Å²) in [5.74, 6) is -0.0273. The highest BCUT2D eigenvalue weighted by atomic mass is 32.2. The van der Waals surface area contributed by atoms with Crippen molar-refractivity contribution in [1.29, 1.82) is 0 Å². The van der Waals surface area contributed by atoms with Crippen LogP contribution in [0.4, 0.5) is 8.78 Å². The number of Topliss-reactive ketones (excluding diaryl/α,β-unsaturated/α-hetero) is 1. The van der Waals surface area contributed by atoms with Gasteiger partial charge in [-0.15, -0.1) is 11.8 Å². The summed E-state index contributed by atoms with van der Waals surface area (Å²) in [5, 5.41) is 0. The molecule has 0 amide bonds. The molecule has 4 heteroatoms. The first-order valence-electron chi connectivity index (χ1n) is 5.82. The standard InChI is InChI=1S/C15H12F2OS/c16-12-3-1-11(2-4-12)15(18)9-10-19-14-7-5-13(17)6-8-14/h1-8H,9-10H2. The van der Waals surface area contributed by atoms with Crippen molar-refractivity contribution >= 4 is 17.5 Å². The van der Waals surface area contributed by atoms with Gasteiger partial charge in [0.1, 0.15) is 11.6 Å². The van der Waals surface area contributed by atoms with Crippen LogP contribution in [-0.4, -0.2) is 11.5 Å². The number of carbonyl (C=O) groups excluding carboxylic acids is 1. The first-order valence-corrected chi connectivity index (χ1v) is 6.81. The van der Waals surface area contributed by atoms with Gasteiger partial charge in [0, 0.05) is 22.6 Å². The molecule has 0 heterocycles. The van der Waals surface area contributed by atoms with Crippen molar-refractivity contribution in [2.75, 3.05) is 5.75 Å². The van der Waals surface area contributed by atoms with Crippen molar-refractivity contribution in [3.63, 3.8) is 0 Å². The van der Waals surface area contributed by atoms with E-state index in [1.54, 1.807) is 12.1 Å². The predicted octanol–water partition coefficient (Wildman–Crippen LogP) is 4.33. The summed E-state index contributed by atoms with van der Waals surface area (Å²) in [6.45, 7) is 0. The molecule has 0 aromatic heterocycles. The Morgan fingerprint density at radius 2 is 1.42 bits per heavy atom. The highest BCUT2D eigenvalue weighted by molar-refractivity contribution is 7.99. The van der Waals surface area contributed by atoms with Gasteiger partial charge in [-0.25, -0.2) is 8.78 Å². The summed E-state index contributed by atoms with van der Waals surface area (Å²) in [4.78, 5) is 12.7. The molecular weight excluding hydrogens is 266 g/mol. The average molecular weight is 278 g/mol. The quantitative estimate of drug-likeness (QED) is 0.598. The lowest BCUT2D eigenvalue weighted by atomic mass is 10.1. The Balaban J connectivity index is 1.84. The first kappa shape index (κ1) is 13.7. The largest absolute Gasteiger partial charge is 0.294 e. The van der Waals surface area contributed by atoms with E-state index in [1.165, 1.54) is 48.2 Å². The topological polar surface area (TPSA) is 17.1 Å². The molecule has 0 aliphatic rings. The van der Waals surface area contributed by atoms with Crippen molar-refractivity contribution in [2.24, 2.45) is 0 Å². The Hall–Kier alpha value is -1.68. The number of hydrogen-bond donors (Lipinski definition) is 0. The van der Waals surface area contributed by atoms with Crippen LogP contribution in [0.2, 0.25) is 0 Å². The highest BCUT2D eigenvalue weighted by Gasteiger charge is 2.06. The van der Waals surface area contributed by atoms with Gasteiger partial charge in [0.15, 0.2) is 5.78 Å². The number of carbonyl (C=O) groups is 1. The third-order valence-corrected chi connectivity index (χ3v) is 3.59. The normalized spacial score (nSPS) is 10.4. The van der Waals surface area contributed by atoms with Crippen molar-refractivity contribution < 1.29 is 13.6 Å². The number of ketones is 1. The molecule has 0 aliphatic carbocycles. The summed E-state index contributed by atoms with van der Waals surface area (Å²) in [6, 6.07) is 11.7. The molecule has 0 radical (unpaired) electrons. The van der Waals surface area contributed by atoms with Crippen LogP contribution in [0.15, 0.2) is 53.4 Å². The zero-order valence-electron chi connectivity index (χ0n) is 10.1. The van der Waals surface area contributed by atoms with Crippen molar-refractivity contribution in [1.82, 2.24) is 0 Å². The van der Waals surface area contributed by atoms with E-state index in [4.69, 9.17) is 0 Å². The smallest absolute Gasteiger partial charge is 0.163 e. The van der Waals surface area contributed by atoms with Gasteiger partial charge in [-0.1, -0.05) is 0 Å². The molecule has 98 valence electrons. The van der Waals surface area contributed by atoms with E-state index < -0.39 is 0 Å². The van der Waals surface area contributed by atoms with E-state index in [9.17, 15) is 13.6 Å². The van der Waals surface area contributed by atoms with Gasteiger partial charge in [0.05, 0.1) is 0 Å². The third kappa shape index (κ3) is 4.17. The molecule has 2 aromatic rings. The van der Waals surface area contributed by atoms with Crippen LogP contribution in [0, 0.1) is 11.6 Å². The summed E-state index contributed by atoms with van der Waals surface area (Å²) in [5.41, 5.74) is 0.515. The van der Waals surface area contributed by atoms with Crippen LogP contribution in [0.25, 0.3) is 0 Å². The van der Waals surface area contributed by atoms with E-state index in [0.29, 0.717) is 17.7 Å². The van der Waals surface area contributed by atoms with Crippen LogP contribution >= 0.6 is 11.8 Å². The molecule has 0 aliphatic heterocycles. The van der Waals surface area contributed by atoms with E-state index in [0.717, 1.165) is 4.90 Å². The van der Waals surface area contributed by atoms with E-state index in [2.05, 4.69) is 0 Å². The number of hydrogen-bond acceptors (Lipinski definition) is 2. The molecular formula is C15H12F2OS. The fourth-order valence-electron chi connectivity index (χ4n) is 1.57. The Morgan fingerprint density at radius 1 is 0.895 bits per heavy atom. The number of rotatable bonds is 5. The van der Waals surface area contributed by atoms with Gasteiger partial charge in [0.25, 0.3) is 0 Å². The molecule has 2 rings (SSSR count). The van der Waals surface area contributed by atoms with Crippen molar-refractivity contribution in [3.8, 4) is 0 Å². The second-order valence-corrected chi connectivity index (χ2v) is 5.15. The molecule has 19 heavy (non-hydrogen) atoms. The maximum atomic E-state index is 12.7. The number of thioether (sulfide) groups is 1. The molecule has 2 aromatic carbocycles. The molecule has 0 spiro atoms. The highest BCUT2D eigenvalue weighted by Crippen LogP contribution is 2.19. The van der Waals surface area contributed by atoms with E-state index in [1.807, 2.05) is 0 Å². The van der Waals surface area contributed by atoms with Crippen LogP contribution in [0.3, 0.4) is 0 Å². The maximum absolute atomic E-state index is 12.7. The minimum Gasteiger partial charge on any atom is -0.294 e. The van der Waals surface area contributed by atoms with E-state index >= 15 is 0 Å². The van der Waals surface area contributed by atoms with Crippen molar-refractivity contribution in [2.45, 2.75) is 11.3 Å². The second kappa shape index (κ2) is 6.48.